The van der Waals surface area contributed by atoms with Crippen molar-refractivity contribution in [2.24, 2.45) is 0 Å². The van der Waals surface area contributed by atoms with Crippen LogP contribution in [0.3, 0.4) is 0 Å². The van der Waals surface area contributed by atoms with Gasteiger partial charge in [0.2, 0.25) is 0 Å². The second kappa shape index (κ2) is 9.77. The molecule has 3 amide bonds. The first-order valence-electron chi connectivity index (χ1n) is 11.1. The number of amides is 3. The third-order valence-corrected chi connectivity index (χ3v) is 5.60. The van der Waals surface area contributed by atoms with Crippen molar-refractivity contribution in [2.45, 2.75) is 6.54 Å². The van der Waals surface area contributed by atoms with Crippen LogP contribution in [0.4, 0.5) is 11.4 Å². The van der Waals surface area contributed by atoms with Gasteiger partial charge < -0.3 is 30.4 Å². The number of hydrogen-bond acceptors (Lipinski definition) is 8. The van der Waals surface area contributed by atoms with E-state index in [-0.39, 0.29) is 35.9 Å². The average Bonchev–Trinajstić information content (AvgIpc) is 3.33. The molecule has 2 aromatic heterocycles. The summed E-state index contributed by atoms with van der Waals surface area (Å²) in [6.45, 7) is 0.138. The molecule has 0 bridgehead atoms. The maximum Gasteiger partial charge on any atom is 0.337 e. The van der Waals surface area contributed by atoms with Gasteiger partial charge in [0.15, 0.2) is 12.3 Å². The molecule has 1 aliphatic rings. The predicted molar refractivity (Wildman–Crippen MR) is 131 cm³/mol. The number of rotatable bonds is 6. The average molecular weight is 500 g/mol. The lowest BCUT2D eigenvalue weighted by atomic mass is 10.1. The van der Waals surface area contributed by atoms with Crippen LogP contribution >= 0.6 is 0 Å². The van der Waals surface area contributed by atoms with Crippen molar-refractivity contribution < 1.29 is 28.7 Å². The largest absolute Gasteiger partial charge is 0.482 e. The maximum absolute atomic E-state index is 12.9. The first kappa shape index (κ1) is 23.5. The van der Waals surface area contributed by atoms with Crippen LogP contribution in [0.15, 0.2) is 55.0 Å². The van der Waals surface area contributed by atoms with Gasteiger partial charge in [0, 0.05) is 18.3 Å². The van der Waals surface area contributed by atoms with Gasteiger partial charge in [-0.25, -0.2) is 14.8 Å². The summed E-state index contributed by atoms with van der Waals surface area (Å²) in [6.07, 6.45) is 2.73. The molecule has 2 aromatic carbocycles. The predicted octanol–water partition coefficient (Wildman–Crippen LogP) is 2.26. The number of nitrogens with zero attached hydrogens (tertiary/aromatic N) is 2. The fraction of sp³-hybridized carbons (Fsp3) is 0.120. The van der Waals surface area contributed by atoms with Crippen LogP contribution in [-0.2, 0) is 16.1 Å². The number of benzene rings is 2. The number of aromatic nitrogens is 3. The number of carbonyl (C=O) groups excluding carboxylic acids is 4. The molecule has 0 saturated heterocycles. The van der Waals surface area contributed by atoms with Crippen molar-refractivity contribution in [1.82, 2.24) is 20.3 Å². The van der Waals surface area contributed by atoms with Gasteiger partial charge >= 0.3 is 5.97 Å². The summed E-state index contributed by atoms with van der Waals surface area (Å²) >= 11 is 0. The van der Waals surface area contributed by atoms with E-state index in [1.807, 2.05) is 0 Å². The van der Waals surface area contributed by atoms with Crippen LogP contribution in [0.1, 0.15) is 36.8 Å². The number of fused-ring (bicyclic) bond motifs is 2. The third kappa shape index (κ3) is 4.80. The molecule has 0 aliphatic carbocycles. The second-order valence-corrected chi connectivity index (χ2v) is 8.02. The summed E-state index contributed by atoms with van der Waals surface area (Å²) in [5.41, 5.74) is 2.88. The van der Waals surface area contributed by atoms with Crippen molar-refractivity contribution in [2.75, 3.05) is 24.4 Å². The summed E-state index contributed by atoms with van der Waals surface area (Å²) in [4.78, 5) is 60.2. The normalized spacial score (nSPS) is 12.2. The molecule has 0 fully saturated rings. The lowest BCUT2D eigenvalue weighted by molar-refractivity contribution is -0.118. The molecule has 0 unspecified atom stereocenters. The quantitative estimate of drug-likeness (QED) is 0.293. The highest BCUT2D eigenvalue weighted by Gasteiger charge is 2.19. The first-order valence-corrected chi connectivity index (χ1v) is 11.1. The fourth-order valence-electron chi connectivity index (χ4n) is 3.81. The van der Waals surface area contributed by atoms with Crippen molar-refractivity contribution in [3.05, 3.63) is 77.4 Å². The molecule has 4 aromatic rings. The summed E-state index contributed by atoms with van der Waals surface area (Å²) in [5.74, 6) is -1.18. The van der Waals surface area contributed by atoms with Crippen LogP contribution in [0.5, 0.6) is 5.75 Å². The van der Waals surface area contributed by atoms with E-state index in [1.165, 1.54) is 25.7 Å². The summed E-state index contributed by atoms with van der Waals surface area (Å²) < 4.78 is 10.0. The first-order chi connectivity index (χ1) is 17.9. The Labute approximate surface area is 209 Å². The minimum absolute atomic E-state index is 0.0364. The van der Waals surface area contributed by atoms with E-state index in [9.17, 15) is 19.2 Å². The molecule has 5 rings (SSSR count). The van der Waals surface area contributed by atoms with Gasteiger partial charge in [-0.05, 0) is 35.9 Å². The molecular weight excluding hydrogens is 480 g/mol. The zero-order chi connectivity index (χ0) is 25.9. The standard InChI is InChI=1S/C25H20N6O6/c1-36-25(35)15-4-2-3-14(8-15)23(33)31-17-10-26-21-20(17)28-12-29-22(21)24(34)27-9-13-5-6-18-16(7-13)30-19(32)11-37-18/h2-8,10,12,26H,9,11H2,1H3,(H,27,34)(H,30,32)(H,31,33). The summed E-state index contributed by atoms with van der Waals surface area (Å²) in [7, 11) is 1.26. The van der Waals surface area contributed by atoms with Gasteiger partial charge in [0.1, 0.15) is 17.6 Å². The van der Waals surface area contributed by atoms with Crippen LogP contribution in [0, 0.1) is 0 Å². The monoisotopic (exact) mass is 500 g/mol. The molecule has 0 spiro atoms. The number of H-pyrrole nitrogens is 1. The van der Waals surface area contributed by atoms with Crippen molar-refractivity contribution >= 4 is 46.1 Å². The molecule has 37 heavy (non-hydrogen) atoms. The van der Waals surface area contributed by atoms with Crippen molar-refractivity contribution in [3.63, 3.8) is 0 Å². The number of hydrogen-bond donors (Lipinski definition) is 4. The Morgan fingerprint density at radius 3 is 2.76 bits per heavy atom. The molecule has 4 N–H and O–H groups in total. The van der Waals surface area contributed by atoms with E-state index in [1.54, 1.807) is 36.4 Å². The lowest BCUT2D eigenvalue weighted by Gasteiger charge is -2.18. The zero-order valence-electron chi connectivity index (χ0n) is 19.5. The Balaban J connectivity index is 1.31. The van der Waals surface area contributed by atoms with Crippen molar-refractivity contribution in [3.8, 4) is 5.75 Å². The molecule has 186 valence electrons. The molecular formula is C25H20N6O6. The Kier molecular flexibility index (Phi) is 6.20. The van der Waals surface area contributed by atoms with Gasteiger partial charge in [-0.3, -0.25) is 14.4 Å². The zero-order valence-corrected chi connectivity index (χ0v) is 19.5. The van der Waals surface area contributed by atoms with Crippen LogP contribution in [-0.4, -0.2) is 52.4 Å². The molecule has 0 saturated carbocycles. The van der Waals surface area contributed by atoms with E-state index in [0.717, 1.165) is 5.56 Å². The minimum atomic E-state index is -0.557. The number of aromatic amines is 1. The number of anilines is 2. The molecule has 3 heterocycles. The molecule has 0 radical (unpaired) electrons. The Morgan fingerprint density at radius 2 is 1.92 bits per heavy atom. The third-order valence-electron chi connectivity index (χ3n) is 5.60. The Morgan fingerprint density at radius 1 is 1.08 bits per heavy atom. The highest BCUT2D eigenvalue weighted by molar-refractivity contribution is 6.11. The van der Waals surface area contributed by atoms with E-state index in [0.29, 0.717) is 28.2 Å². The second-order valence-electron chi connectivity index (χ2n) is 8.02. The summed E-state index contributed by atoms with van der Waals surface area (Å²) in [6, 6.07) is 11.3. The molecule has 0 atom stereocenters. The van der Waals surface area contributed by atoms with E-state index < -0.39 is 17.8 Å². The van der Waals surface area contributed by atoms with Gasteiger partial charge in [-0.1, -0.05) is 12.1 Å². The number of ether oxygens (including phenoxy) is 2. The summed E-state index contributed by atoms with van der Waals surface area (Å²) in [5, 5.41) is 8.25. The minimum Gasteiger partial charge on any atom is -0.482 e. The maximum atomic E-state index is 12.9. The molecule has 1 aliphatic heterocycles. The molecule has 12 heteroatoms. The number of methoxy groups -OCH3 is 1. The topological polar surface area (TPSA) is 164 Å². The smallest absolute Gasteiger partial charge is 0.337 e. The van der Waals surface area contributed by atoms with E-state index in [4.69, 9.17) is 9.47 Å². The van der Waals surface area contributed by atoms with Gasteiger partial charge in [0.05, 0.1) is 29.6 Å². The SMILES string of the molecule is COC(=O)c1cccc(C(=O)Nc2c[nH]c3c(C(=O)NCc4ccc5c(c4)NC(=O)CO5)ncnc23)c1. The number of carbonyl (C=O) groups is 4. The number of nitrogens with one attached hydrogen (secondary N) is 4. The Bertz CT molecular complexity index is 1560. The van der Waals surface area contributed by atoms with E-state index in [2.05, 4.69) is 30.9 Å². The van der Waals surface area contributed by atoms with Crippen molar-refractivity contribution in [1.29, 1.82) is 0 Å². The fourth-order valence-corrected chi connectivity index (χ4v) is 3.81. The highest BCUT2D eigenvalue weighted by Crippen LogP contribution is 2.28. The number of esters is 1. The van der Waals surface area contributed by atoms with E-state index >= 15 is 0 Å². The van der Waals surface area contributed by atoms with Crippen LogP contribution in [0.25, 0.3) is 11.0 Å². The van der Waals surface area contributed by atoms with Gasteiger partial charge in [-0.2, -0.15) is 0 Å². The lowest BCUT2D eigenvalue weighted by Crippen LogP contribution is -2.26. The van der Waals surface area contributed by atoms with Gasteiger partial charge in [-0.15, -0.1) is 0 Å². The Hall–Kier alpha value is -5.26. The molecule has 12 nitrogen and oxygen atoms in total. The van der Waals surface area contributed by atoms with Crippen LogP contribution < -0.4 is 20.7 Å². The van der Waals surface area contributed by atoms with Gasteiger partial charge in [0.25, 0.3) is 17.7 Å². The highest BCUT2D eigenvalue weighted by atomic mass is 16.5. The van der Waals surface area contributed by atoms with Crippen LogP contribution in [0.2, 0.25) is 0 Å².